The van der Waals surface area contributed by atoms with Gasteiger partial charge in [-0.3, -0.25) is 9.59 Å². The van der Waals surface area contributed by atoms with Crippen molar-refractivity contribution in [3.8, 4) is 0 Å². The summed E-state index contributed by atoms with van der Waals surface area (Å²) >= 11 is 0. The third-order valence-electron chi connectivity index (χ3n) is 5.72. The summed E-state index contributed by atoms with van der Waals surface area (Å²) in [5.41, 5.74) is 2.68. The van der Waals surface area contributed by atoms with Crippen LogP contribution in [0.25, 0.3) is 10.9 Å². The van der Waals surface area contributed by atoms with E-state index in [9.17, 15) is 9.59 Å². The molecule has 2 aliphatic heterocycles. The summed E-state index contributed by atoms with van der Waals surface area (Å²) in [4.78, 5) is 37.7. The van der Waals surface area contributed by atoms with E-state index in [0.717, 1.165) is 62.4 Å². The summed E-state index contributed by atoms with van der Waals surface area (Å²) in [6.45, 7) is 2.47. The Bertz CT molecular complexity index is 1140. The Labute approximate surface area is 167 Å². The molecule has 8 nitrogen and oxygen atoms in total. The Balaban J connectivity index is 1.48. The molecule has 0 aromatic carbocycles. The van der Waals surface area contributed by atoms with Crippen molar-refractivity contribution < 1.29 is 4.79 Å². The van der Waals surface area contributed by atoms with Gasteiger partial charge in [-0.05, 0) is 49.8 Å². The van der Waals surface area contributed by atoms with Gasteiger partial charge in [0.05, 0.1) is 23.6 Å². The van der Waals surface area contributed by atoms with Gasteiger partial charge in [0.15, 0.2) is 0 Å². The molecule has 0 atom stereocenters. The van der Waals surface area contributed by atoms with Crippen LogP contribution in [0, 0.1) is 0 Å². The Morgan fingerprint density at radius 2 is 1.83 bits per heavy atom. The second-order valence-corrected chi connectivity index (χ2v) is 7.65. The number of aryl methyl sites for hydroxylation is 1. The topological polar surface area (TPSA) is 95.1 Å². The number of hydrogen-bond donors (Lipinski definition) is 1. The Hall–Kier alpha value is -3.29. The van der Waals surface area contributed by atoms with Gasteiger partial charge >= 0.3 is 0 Å². The number of aromatic amines is 1. The predicted octanol–water partition coefficient (Wildman–Crippen LogP) is 2.42. The summed E-state index contributed by atoms with van der Waals surface area (Å²) < 4.78 is 0. The molecule has 1 amide bonds. The van der Waals surface area contributed by atoms with Crippen LogP contribution in [-0.4, -0.2) is 50.6 Å². The summed E-state index contributed by atoms with van der Waals surface area (Å²) in [7, 11) is 0. The molecule has 5 rings (SSSR count). The number of amides is 1. The lowest BCUT2D eigenvalue weighted by atomic mass is 10.0. The normalized spacial score (nSPS) is 16.7. The van der Waals surface area contributed by atoms with Crippen molar-refractivity contribution in [1.82, 2.24) is 25.1 Å². The highest BCUT2D eigenvalue weighted by atomic mass is 16.2. The maximum Gasteiger partial charge on any atom is 0.290 e. The largest absolute Gasteiger partial charge is 0.339 e. The molecule has 5 heterocycles. The summed E-state index contributed by atoms with van der Waals surface area (Å²) in [5, 5.41) is 6.96. The van der Waals surface area contributed by atoms with Crippen molar-refractivity contribution in [2.24, 2.45) is 0 Å². The van der Waals surface area contributed by atoms with E-state index in [1.165, 1.54) is 6.42 Å². The summed E-state index contributed by atoms with van der Waals surface area (Å²) in [6, 6.07) is 3.90. The van der Waals surface area contributed by atoms with E-state index < -0.39 is 0 Å². The fraction of sp³-hybridized carbons (Fsp3) is 0.381. The van der Waals surface area contributed by atoms with Crippen LogP contribution in [0.3, 0.4) is 0 Å². The molecule has 8 heteroatoms. The van der Waals surface area contributed by atoms with Crippen LogP contribution in [0.5, 0.6) is 0 Å². The third kappa shape index (κ3) is 3.24. The first-order chi connectivity index (χ1) is 14.2. The second-order valence-electron chi connectivity index (χ2n) is 7.65. The average molecular weight is 390 g/mol. The quantitative estimate of drug-likeness (QED) is 0.722. The SMILES string of the molecule is O=C(c1cnc2c(c1)CCCN2c1cnc2c(=O)[nH]ncc2c1)N1CCCCC1. The number of rotatable bonds is 2. The van der Waals surface area contributed by atoms with E-state index in [2.05, 4.69) is 25.1 Å². The molecule has 148 valence electrons. The van der Waals surface area contributed by atoms with Gasteiger partial charge in [-0.1, -0.05) is 0 Å². The highest BCUT2D eigenvalue weighted by Gasteiger charge is 2.24. The molecule has 29 heavy (non-hydrogen) atoms. The fourth-order valence-electron chi connectivity index (χ4n) is 4.23. The smallest absolute Gasteiger partial charge is 0.290 e. The lowest BCUT2D eigenvalue weighted by molar-refractivity contribution is 0.0724. The molecule has 1 saturated heterocycles. The zero-order valence-electron chi connectivity index (χ0n) is 16.1. The first kappa shape index (κ1) is 17.8. The number of anilines is 2. The van der Waals surface area contributed by atoms with E-state index in [-0.39, 0.29) is 11.5 Å². The highest BCUT2D eigenvalue weighted by molar-refractivity contribution is 5.94. The molecule has 0 radical (unpaired) electrons. The molecule has 0 bridgehead atoms. The number of hydrogen-bond acceptors (Lipinski definition) is 6. The van der Waals surface area contributed by atoms with Gasteiger partial charge in [0, 0.05) is 31.2 Å². The minimum absolute atomic E-state index is 0.0785. The first-order valence-corrected chi connectivity index (χ1v) is 10.1. The summed E-state index contributed by atoms with van der Waals surface area (Å²) in [5.74, 6) is 0.931. The van der Waals surface area contributed by atoms with Gasteiger partial charge in [-0.25, -0.2) is 15.1 Å². The van der Waals surface area contributed by atoms with Crippen molar-refractivity contribution in [3.05, 3.63) is 52.2 Å². The fourth-order valence-corrected chi connectivity index (χ4v) is 4.23. The molecule has 1 fully saturated rings. The maximum atomic E-state index is 12.8. The van der Waals surface area contributed by atoms with Crippen LogP contribution in [-0.2, 0) is 6.42 Å². The molecular formula is C21H22N6O2. The van der Waals surface area contributed by atoms with E-state index in [1.54, 1.807) is 18.6 Å². The van der Waals surface area contributed by atoms with Gasteiger partial charge < -0.3 is 9.80 Å². The molecule has 1 N–H and O–H groups in total. The molecule has 0 saturated carbocycles. The number of carbonyl (C=O) groups excluding carboxylic acids is 1. The lowest BCUT2D eigenvalue weighted by Gasteiger charge is -2.31. The third-order valence-corrected chi connectivity index (χ3v) is 5.72. The van der Waals surface area contributed by atoms with Crippen LogP contribution in [0.2, 0.25) is 0 Å². The van der Waals surface area contributed by atoms with Gasteiger partial charge in [0.2, 0.25) is 0 Å². The predicted molar refractivity (Wildman–Crippen MR) is 109 cm³/mol. The highest BCUT2D eigenvalue weighted by Crippen LogP contribution is 2.33. The van der Waals surface area contributed by atoms with Gasteiger partial charge in [-0.15, -0.1) is 0 Å². The van der Waals surface area contributed by atoms with Gasteiger partial charge in [0.25, 0.3) is 11.5 Å². The minimum Gasteiger partial charge on any atom is -0.339 e. The van der Waals surface area contributed by atoms with Gasteiger partial charge in [-0.2, -0.15) is 5.10 Å². The van der Waals surface area contributed by atoms with Crippen LogP contribution in [0.4, 0.5) is 11.5 Å². The number of H-pyrrole nitrogens is 1. The lowest BCUT2D eigenvalue weighted by Crippen LogP contribution is -2.36. The molecule has 3 aromatic heterocycles. The zero-order valence-corrected chi connectivity index (χ0v) is 16.1. The van der Waals surface area contributed by atoms with Crippen LogP contribution >= 0.6 is 0 Å². The Morgan fingerprint density at radius 1 is 0.966 bits per heavy atom. The standard InChI is InChI=1S/C21H22N6O2/c28-20-18-15(12-24-25-20)10-17(13-22-18)27-8-4-5-14-9-16(11-23-19(14)27)21(29)26-6-2-1-3-7-26/h9-13H,1-8H2,(H,25,28). The average Bonchev–Trinajstić information content (AvgIpc) is 2.78. The van der Waals surface area contributed by atoms with Crippen LogP contribution in [0.1, 0.15) is 41.6 Å². The van der Waals surface area contributed by atoms with Crippen molar-refractivity contribution in [2.75, 3.05) is 24.5 Å². The number of nitrogens with zero attached hydrogens (tertiary/aromatic N) is 5. The van der Waals surface area contributed by atoms with Crippen LogP contribution < -0.4 is 10.5 Å². The molecule has 0 aliphatic carbocycles. The van der Waals surface area contributed by atoms with Crippen LogP contribution in [0.15, 0.2) is 35.5 Å². The van der Waals surface area contributed by atoms with E-state index >= 15 is 0 Å². The van der Waals surface area contributed by atoms with E-state index in [0.29, 0.717) is 16.5 Å². The Morgan fingerprint density at radius 3 is 2.69 bits per heavy atom. The number of aromatic nitrogens is 4. The number of piperidine rings is 1. The number of likely N-dealkylation sites (tertiary alicyclic amines) is 1. The molecule has 2 aliphatic rings. The number of nitrogens with one attached hydrogen (secondary N) is 1. The number of fused-ring (bicyclic) bond motifs is 2. The molecule has 0 unspecified atom stereocenters. The van der Waals surface area contributed by atoms with Crippen molar-refractivity contribution in [2.45, 2.75) is 32.1 Å². The van der Waals surface area contributed by atoms with E-state index in [4.69, 9.17) is 0 Å². The number of pyridine rings is 2. The van der Waals surface area contributed by atoms with E-state index in [1.807, 2.05) is 17.0 Å². The Kier molecular flexibility index (Phi) is 4.46. The minimum atomic E-state index is -0.299. The van der Waals surface area contributed by atoms with Crippen molar-refractivity contribution >= 4 is 28.3 Å². The number of carbonyl (C=O) groups is 1. The van der Waals surface area contributed by atoms with Crippen molar-refractivity contribution in [3.63, 3.8) is 0 Å². The summed E-state index contributed by atoms with van der Waals surface area (Å²) in [6.07, 6.45) is 10.2. The molecule has 0 spiro atoms. The van der Waals surface area contributed by atoms with Gasteiger partial charge in [0.1, 0.15) is 11.3 Å². The molecular weight excluding hydrogens is 368 g/mol. The monoisotopic (exact) mass is 390 g/mol. The molecule has 3 aromatic rings. The first-order valence-electron chi connectivity index (χ1n) is 10.1. The maximum absolute atomic E-state index is 12.8. The second kappa shape index (κ2) is 7.27. The zero-order chi connectivity index (χ0) is 19.8. The van der Waals surface area contributed by atoms with Crippen molar-refractivity contribution in [1.29, 1.82) is 0 Å².